The van der Waals surface area contributed by atoms with Gasteiger partial charge in [0.25, 0.3) is 0 Å². The van der Waals surface area contributed by atoms with Crippen LogP contribution in [0.2, 0.25) is 5.02 Å². The monoisotopic (exact) mass is 259 g/mol. The molecule has 1 aliphatic rings. The van der Waals surface area contributed by atoms with Crippen molar-refractivity contribution in [2.24, 2.45) is 0 Å². The Hall–Kier alpha value is -1.45. The number of nitrogens with one attached hydrogen (secondary N) is 1. The molecule has 3 nitrogen and oxygen atoms in total. The molecular weight excluding hydrogens is 246 g/mol. The van der Waals surface area contributed by atoms with Crippen LogP contribution in [-0.2, 0) is 0 Å². The Morgan fingerprint density at radius 3 is 2.50 bits per heavy atom. The van der Waals surface area contributed by atoms with E-state index in [2.05, 4.69) is 21.4 Å². The van der Waals surface area contributed by atoms with E-state index in [1.807, 2.05) is 31.2 Å². The lowest BCUT2D eigenvalue weighted by Crippen LogP contribution is -2.40. The standard InChI is InChI=1S/C14H14ClN3/c1-9-17-13(10-2-4-12(15)5-3-10)6-14(18-9)11-7-16-8-11/h2-6,11,16H,7-8H2,1H3. The first-order valence-corrected chi connectivity index (χ1v) is 6.42. The Labute approximate surface area is 111 Å². The molecule has 0 radical (unpaired) electrons. The number of aromatic nitrogens is 2. The Kier molecular flexibility index (Phi) is 3.02. The number of hydrogen-bond donors (Lipinski definition) is 1. The first-order chi connectivity index (χ1) is 8.72. The minimum Gasteiger partial charge on any atom is -0.315 e. The maximum absolute atomic E-state index is 5.90. The summed E-state index contributed by atoms with van der Waals surface area (Å²) in [7, 11) is 0. The van der Waals surface area contributed by atoms with E-state index in [0.29, 0.717) is 5.92 Å². The van der Waals surface area contributed by atoms with Crippen molar-refractivity contribution >= 4 is 11.6 Å². The highest BCUT2D eigenvalue weighted by Crippen LogP contribution is 2.24. The fraction of sp³-hybridized carbons (Fsp3) is 0.286. The van der Waals surface area contributed by atoms with E-state index < -0.39 is 0 Å². The van der Waals surface area contributed by atoms with Crippen molar-refractivity contribution < 1.29 is 0 Å². The highest BCUT2D eigenvalue weighted by Gasteiger charge is 2.21. The van der Waals surface area contributed by atoms with Crippen LogP contribution < -0.4 is 5.32 Å². The van der Waals surface area contributed by atoms with Gasteiger partial charge < -0.3 is 5.32 Å². The maximum atomic E-state index is 5.90. The Morgan fingerprint density at radius 2 is 1.89 bits per heavy atom. The molecule has 1 N–H and O–H groups in total. The molecule has 1 saturated heterocycles. The molecule has 0 spiro atoms. The van der Waals surface area contributed by atoms with Gasteiger partial charge in [0.05, 0.1) is 11.4 Å². The summed E-state index contributed by atoms with van der Waals surface area (Å²) in [5.74, 6) is 1.35. The summed E-state index contributed by atoms with van der Waals surface area (Å²) in [5, 5.41) is 4.01. The fourth-order valence-corrected chi connectivity index (χ4v) is 2.19. The SMILES string of the molecule is Cc1nc(-c2ccc(Cl)cc2)cc(C2CNC2)n1. The summed E-state index contributed by atoms with van der Waals surface area (Å²) >= 11 is 5.90. The third-order valence-corrected chi connectivity index (χ3v) is 3.45. The van der Waals surface area contributed by atoms with Crippen molar-refractivity contribution in [1.82, 2.24) is 15.3 Å². The van der Waals surface area contributed by atoms with Crippen LogP contribution in [0.3, 0.4) is 0 Å². The third-order valence-electron chi connectivity index (χ3n) is 3.20. The van der Waals surface area contributed by atoms with Gasteiger partial charge in [-0.05, 0) is 25.1 Å². The van der Waals surface area contributed by atoms with Crippen LogP contribution in [0, 0.1) is 6.92 Å². The van der Waals surface area contributed by atoms with Crippen molar-refractivity contribution in [3.8, 4) is 11.3 Å². The fourth-order valence-electron chi connectivity index (χ4n) is 2.07. The van der Waals surface area contributed by atoms with Gasteiger partial charge in [-0.3, -0.25) is 0 Å². The third kappa shape index (κ3) is 2.24. The van der Waals surface area contributed by atoms with Crippen LogP contribution in [0.5, 0.6) is 0 Å². The summed E-state index contributed by atoms with van der Waals surface area (Å²) in [6.45, 7) is 3.96. The van der Waals surface area contributed by atoms with E-state index in [9.17, 15) is 0 Å². The predicted octanol–water partition coefficient (Wildman–Crippen LogP) is 2.79. The Balaban J connectivity index is 2.00. The molecule has 0 amide bonds. The molecular formula is C14H14ClN3. The van der Waals surface area contributed by atoms with E-state index in [1.165, 1.54) is 0 Å². The molecule has 1 aliphatic heterocycles. The van der Waals surface area contributed by atoms with E-state index in [0.717, 1.165) is 40.9 Å². The number of aryl methyl sites for hydroxylation is 1. The van der Waals surface area contributed by atoms with Crippen LogP contribution in [0.1, 0.15) is 17.4 Å². The molecule has 0 saturated carbocycles. The molecule has 0 atom stereocenters. The summed E-state index contributed by atoms with van der Waals surface area (Å²) in [6.07, 6.45) is 0. The smallest absolute Gasteiger partial charge is 0.126 e. The quantitative estimate of drug-likeness (QED) is 0.901. The van der Waals surface area contributed by atoms with Gasteiger partial charge >= 0.3 is 0 Å². The summed E-state index contributed by atoms with van der Waals surface area (Å²) in [5.41, 5.74) is 3.19. The van der Waals surface area contributed by atoms with Gasteiger partial charge in [0.2, 0.25) is 0 Å². The number of hydrogen-bond acceptors (Lipinski definition) is 3. The zero-order chi connectivity index (χ0) is 12.5. The van der Waals surface area contributed by atoms with Gasteiger partial charge in [0.1, 0.15) is 5.82 Å². The molecule has 0 aliphatic carbocycles. The van der Waals surface area contributed by atoms with E-state index >= 15 is 0 Å². The molecule has 3 rings (SSSR count). The van der Waals surface area contributed by atoms with E-state index in [1.54, 1.807) is 0 Å². The zero-order valence-electron chi connectivity index (χ0n) is 10.2. The summed E-state index contributed by atoms with van der Waals surface area (Å²) < 4.78 is 0. The molecule has 1 aromatic heterocycles. The largest absolute Gasteiger partial charge is 0.315 e. The molecule has 18 heavy (non-hydrogen) atoms. The van der Waals surface area contributed by atoms with Gasteiger partial charge in [-0.1, -0.05) is 23.7 Å². The Bertz CT molecular complexity index is 562. The number of halogens is 1. The summed E-state index contributed by atoms with van der Waals surface area (Å²) in [6, 6.07) is 9.85. The predicted molar refractivity (Wildman–Crippen MR) is 72.8 cm³/mol. The van der Waals surface area contributed by atoms with Gasteiger partial charge in [-0.15, -0.1) is 0 Å². The van der Waals surface area contributed by atoms with E-state index in [-0.39, 0.29) is 0 Å². The van der Waals surface area contributed by atoms with Crippen molar-refractivity contribution in [3.05, 3.63) is 46.9 Å². The van der Waals surface area contributed by atoms with Gasteiger partial charge in [-0.25, -0.2) is 9.97 Å². The van der Waals surface area contributed by atoms with E-state index in [4.69, 9.17) is 11.6 Å². The average molecular weight is 260 g/mol. The first kappa shape index (κ1) is 11.6. The number of nitrogens with zero attached hydrogens (tertiary/aromatic N) is 2. The van der Waals surface area contributed by atoms with Crippen LogP contribution >= 0.6 is 11.6 Å². The first-order valence-electron chi connectivity index (χ1n) is 6.04. The van der Waals surface area contributed by atoms with Gasteiger partial charge in [0, 0.05) is 29.6 Å². The van der Waals surface area contributed by atoms with Crippen LogP contribution in [0.25, 0.3) is 11.3 Å². The second kappa shape index (κ2) is 4.67. The normalized spacial score (nSPS) is 15.4. The second-order valence-corrected chi connectivity index (χ2v) is 5.02. The van der Waals surface area contributed by atoms with Crippen molar-refractivity contribution in [2.45, 2.75) is 12.8 Å². The molecule has 1 fully saturated rings. The molecule has 0 bridgehead atoms. The highest BCUT2D eigenvalue weighted by molar-refractivity contribution is 6.30. The Morgan fingerprint density at radius 1 is 1.17 bits per heavy atom. The molecule has 2 heterocycles. The molecule has 2 aromatic rings. The van der Waals surface area contributed by atoms with Gasteiger partial charge in [-0.2, -0.15) is 0 Å². The molecule has 0 unspecified atom stereocenters. The molecule has 92 valence electrons. The van der Waals surface area contributed by atoms with Crippen LogP contribution in [-0.4, -0.2) is 23.1 Å². The zero-order valence-corrected chi connectivity index (χ0v) is 10.9. The topological polar surface area (TPSA) is 37.8 Å². The minimum atomic E-state index is 0.526. The molecule has 1 aromatic carbocycles. The average Bonchev–Trinajstić information content (AvgIpc) is 2.26. The van der Waals surface area contributed by atoms with Crippen molar-refractivity contribution in [1.29, 1.82) is 0 Å². The second-order valence-electron chi connectivity index (χ2n) is 4.59. The lowest BCUT2D eigenvalue weighted by Gasteiger charge is -2.26. The van der Waals surface area contributed by atoms with Crippen molar-refractivity contribution in [3.63, 3.8) is 0 Å². The number of rotatable bonds is 2. The van der Waals surface area contributed by atoms with Crippen molar-refractivity contribution in [2.75, 3.05) is 13.1 Å². The molecule has 4 heteroatoms. The van der Waals surface area contributed by atoms with Crippen LogP contribution in [0.4, 0.5) is 0 Å². The number of benzene rings is 1. The lowest BCUT2D eigenvalue weighted by atomic mass is 9.97. The maximum Gasteiger partial charge on any atom is 0.126 e. The lowest BCUT2D eigenvalue weighted by molar-refractivity contribution is 0.438. The van der Waals surface area contributed by atoms with Gasteiger partial charge in [0.15, 0.2) is 0 Å². The minimum absolute atomic E-state index is 0.526. The highest BCUT2D eigenvalue weighted by atomic mass is 35.5. The summed E-state index contributed by atoms with van der Waals surface area (Å²) in [4.78, 5) is 9.02. The van der Waals surface area contributed by atoms with Crippen LogP contribution in [0.15, 0.2) is 30.3 Å².